The van der Waals surface area contributed by atoms with Crippen molar-refractivity contribution in [3.05, 3.63) is 106 Å². The van der Waals surface area contributed by atoms with E-state index in [1.54, 1.807) is 32.1 Å². The number of aromatic carboxylic acids is 1. The molecule has 0 saturated carbocycles. The van der Waals surface area contributed by atoms with E-state index in [0.717, 1.165) is 16.9 Å². The maximum Gasteiger partial charge on any atom is 0.337 e. The van der Waals surface area contributed by atoms with Crippen LogP contribution in [0.25, 0.3) is 11.6 Å². The van der Waals surface area contributed by atoms with Gasteiger partial charge in [0.2, 0.25) is 0 Å². The largest absolute Gasteiger partial charge is 0.478 e. The highest BCUT2D eigenvalue weighted by Gasteiger charge is 2.26. The Kier molecular flexibility index (Phi) is 6.07. The maximum absolute atomic E-state index is 12.7. The monoisotopic (exact) mass is 492 g/mol. The fourth-order valence-corrected chi connectivity index (χ4v) is 4.43. The Labute approximate surface area is 213 Å². The third-order valence-corrected chi connectivity index (χ3v) is 6.23. The highest BCUT2D eigenvalue weighted by atomic mass is 16.4. The van der Waals surface area contributed by atoms with Gasteiger partial charge in [-0.05, 0) is 68.0 Å². The lowest BCUT2D eigenvalue weighted by Gasteiger charge is -2.11. The summed E-state index contributed by atoms with van der Waals surface area (Å²) in [5, 5.41) is 18.5. The Bertz CT molecular complexity index is 1580. The Morgan fingerprint density at radius 3 is 2.35 bits per heavy atom. The van der Waals surface area contributed by atoms with Crippen LogP contribution in [0.4, 0.5) is 22.7 Å². The first-order valence-electron chi connectivity index (χ1n) is 11.6. The van der Waals surface area contributed by atoms with Gasteiger partial charge < -0.3 is 26.0 Å². The third kappa shape index (κ3) is 4.72. The molecule has 4 aromatic rings. The quantitative estimate of drug-likeness (QED) is 0.217. The topological polar surface area (TPSA) is 123 Å². The van der Waals surface area contributed by atoms with Crippen LogP contribution in [-0.2, 0) is 4.79 Å². The van der Waals surface area contributed by atoms with E-state index in [2.05, 4.69) is 20.9 Å². The first-order chi connectivity index (χ1) is 17.8. The van der Waals surface area contributed by atoms with Gasteiger partial charge in [-0.3, -0.25) is 9.59 Å². The minimum absolute atomic E-state index is 0.194. The standard InChI is InChI=1S/C29H24N4O4/c1-16-24(30-17(2)26(16)29(36)37)15-23-22-12-11-21(14-25(22)33-28(23)35)31-19-9-6-10-20(13-19)32-27(34)18-7-4-3-5-8-18/h3-15,30-31H,1-2H3,(H,32,34)(H,33,35)(H,36,37)/b23-15-. The average Bonchev–Trinajstić information content (AvgIpc) is 3.33. The van der Waals surface area contributed by atoms with Crippen molar-refractivity contribution >= 4 is 52.2 Å². The molecule has 184 valence electrons. The van der Waals surface area contributed by atoms with Crippen LogP contribution in [0.3, 0.4) is 0 Å². The lowest BCUT2D eigenvalue weighted by Crippen LogP contribution is -2.11. The number of carbonyl (C=O) groups excluding carboxylic acids is 2. The molecule has 0 unspecified atom stereocenters. The average molecular weight is 493 g/mol. The van der Waals surface area contributed by atoms with Gasteiger partial charge in [0.15, 0.2) is 0 Å². The van der Waals surface area contributed by atoms with Crippen LogP contribution in [-0.4, -0.2) is 27.9 Å². The number of aromatic amines is 1. The second-order valence-corrected chi connectivity index (χ2v) is 8.77. The minimum Gasteiger partial charge on any atom is -0.478 e. The lowest BCUT2D eigenvalue weighted by molar-refractivity contribution is -0.110. The summed E-state index contributed by atoms with van der Waals surface area (Å²) in [4.78, 5) is 39.8. The van der Waals surface area contributed by atoms with Crippen molar-refractivity contribution in [3.63, 3.8) is 0 Å². The molecule has 1 aliphatic rings. The van der Waals surface area contributed by atoms with Gasteiger partial charge in [-0.1, -0.05) is 30.3 Å². The van der Waals surface area contributed by atoms with E-state index in [1.165, 1.54) is 0 Å². The van der Waals surface area contributed by atoms with Crippen LogP contribution in [0.1, 0.15) is 43.2 Å². The van der Waals surface area contributed by atoms with Crippen LogP contribution >= 0.6 is 0 Å². The number of carboxylic acids is 1. The molecule has 37 heavy (non-hydrogen) atoms. The van der Waals surface area contributed by atoms with Gasteiger partial charge in [-0.15, -0.1) is 0 Å². The summed E-state index contributed by atoms with van der Waals surface area (Å²) in [5.41, 5.74) is 6.49. The first kappa shape index (κ1) is 23.6. The molecule has 1 aromatic heterocycles. The van der Waals surface area contributed by atoms with E-state index in [4.69, 9.17) is 0 Å². The summed E-state index contributed by atoms with van der Waals surface area (Å²) in [6.07, 6.45) is 1.68. The summed E-state index contributed by atoms with van der Waals surface area (Å²) < 4.78 is 0. The van der Waals surface area contributed by atoms with Crippen LogP contribution in [0.5, 0.6) is 0 Å². The first-order valence-corrected chi connectivity index (χ1v) is 11.6. The zero-order valence-electron chi connectivity index (χ0n) is 20.2. The molecule has 0 atom stereocenters. The van der Waals surface area contributed by atoms with Gasteiger partial charge in [0.05, 0.1) is 16.8 Å². The summed E-state index contributed by atoms with van der Waals surface area (Å²) in [6.45, 7) is 3.41. The number of H-pyrrole nitrogens is 1. The Balaban J connectivity index is 1.36. The molecular formula is C29H24N4O4. The van der Waals surface area contributed by atoms with Gasteiger partial charge in [0, 0.05) is 39.6 Å². The molecule has 0 radical (unpaired) electrons. The van der Waals surface area contributed by atoms with Crippen molar-refractivity contribution < 1.29 is 19.5 Å². The molecule has 5 rings (SSSR count). The van der Waals surface area contributed by atoms with Crippen LogP contribution in [0.2, 0.25) is 0 Å². The smallest absolute Gasteiger partial charge is 0.337 e. The van der Waals surface area contributed by atoms with Gasteiger partial charge in [0.25, 0.3) is 11.8 Å². The van der Waals surface area contributed by atoms with Gasteiger partial charge >= 0.3 is 5.97 Å². The molecular weight excluding hydrogens is 468 g/mol. The van der Waals surface area contributed by atoms with E-state index < -0.39 is 5.97 Å². The number of aromatic nitrogens is 1. The number of hydrogen-bond donors (Lipinski definition) is 5. The number of aryl methyl sites for hydroxylation is 1. The fraction of sp³-hybridized carbons (Fsp3) is 0.0690. The third-order valence-electron chi connectivity index (χ3n) is 6.23. The molecule has 3 aromatic carbocycles. The second kappa shape index (κ2) is 9.50. The highest BCUT2D eigenvalue weighted by molar-refractivity contribution is 6.35. The van der Waals surface area contributed by atoms with Crippen molar-refractivity contribution in [2.45, 2.75) is 13.8 Å². The van der Waals surface area contributed by atoms with Crippen LogP contribution in [0.15, 0.2) is 72.8 Å². The molecule has 8 heteroatoms. The van der Waals surface area contributed by atoms with Crippen LogP contribution < -0.4 is 16.0 Å². The van der Waals surface area contributed by atoms with E-state index in [1.807, 2.05) is 60.7 Å². The number of fused-ring (bicyclic) bond motifs is 1. The molecule has 8 nitrogen and oxygen atoms in total. The Morgan fingerprint density at radius 2 is 1.62 bits per heavy atom. The Morgan fingerprint density at radius 1 is 0.892 bits per heavy atom. The van der Waals surface area contributed by atoms with E-state index in [-0.39, 0.29) is 17.4 Å². The van der Waals surface area contributed by atoms with Gasteiger partial charge in [-0.25, -0.2) is 4.79 Å². The summed E-state index contributed by atoms with van der Waals surface area (Å²) in [6, 6.07) is 21.9. The predicted octanol–water partition coefficient (Wildman–Crippen LogP) is 5.82. The number of anilines is 4. The second-order valence-electron chi connectivity index (χ2n) is 8.77. The van der Waals surface area contributed by atoms with E-state index in [9.17, 15) is 19.5 Å². The molecule has 0 saturated heterocycles. The number of carboxylic acid groups (broad SMARTS) is 1. The molecule has 5 N–H and O–H groups in total. The number of carbonyl (C=O) groups is 3. The van der Waals surface area contributed by atoms with Crippen molar-refractivity contribution in [2.75, 3.05) is 16.0 Å². The molecule has 0 bridgehead atoms. The number of benzene rings is 3. The molecule has 0 aliphatic carbocycles. The van der Waals surface area contributed by atoms with Crippen molar-refractivity contribution in [1.82, 2.24) is 4.98 Å². The van der Waals surface area contributed by atoms with E-state index in [0.29, 0.717) is 39.5 Å². The number of nitrogens with one attached hydrogen (secondary N) is 4. The number of amides is 2. The normalized spacial score (nSPS) is 13.2. The molecule has 1 aliphatic heterocycles. The summed E-state index contributed by atoms with van der Waals surface area (Å²) in [7, 11) is 0. The van der Waals surface area contributed by atoms with Crippen molar-refractivity contribution in [3.8, 4) is 0 Å². The SMILES string of the molecule is Cc1[nH]c(/C=C2\C(=O)Nc3cc(Nc4cccc(NC(=O)c5ccccc5)c4)ccc32)c(C)c1C(=O)O. The molecule has 0 fully saturated rings. The number of hydrogen-bond acceptors (Lipinski definition) is 4. The zero-order valence-corrected chi connectivity index (χ0v) is 20.2. The Hall–Kier alpha value is -5.11. The number of rotatable bonds is 6. The molecule has 2 heterocycles. The lowest BCUT2D eigenvalue weighted by atomic mass is 10.0. The predicted molar refractivity (Wildman–Crippen MR) is 144 cm³/mol. The van der Waals surface area contributed by atoms with Gasteiger partial charge in [-0.2, -0.15) is 0 Å². The fourth-order valence-electron chi connectivity index (χ4n) is 4.43. The van der Waals surface area contributed by atoms with Gasteiger partial charge in [0.1, 0.15) is 0 Å². The highest BCUT2D eigenvalue weighted by Crippen LogP contribution is 2.36. The molecule has 0 spiro atoms. The van der Waals surface area contributed by atoms with E-state index >= 15 is 0 Å². The minimum atomic E-state index is -1.01. The maximum atomic E-state index is 12.7. The molecule has 2 amide bonds. The van der Waals surface area contributed by atoms with Crippen molar-refractivity contribution in [1.29, 1.82) is 0 Å². The van der Waals surface area contributed by atoms with Crippen LogP contribution in [0, 0.1) is 13.8 Å². The zero-order chi connectivity index (χ0) is 26.1. The van der Waals surface area contributed by atoms with Crippen molar-refractivity contribution in [2.24, 2.45) is 0 Å². The summed E-state index contributed by atoms with van der Waals surface area (Å²) >= 11 is 0. The summed E-state index contributed by atoms with van der Waals surface area (Å²) in [5.74, 6) is -1.46.